The van der Waals surface area contributed by atoms with Crippen LogP contribution in [0.15, 0.2) is 0 Å². The molecule has 110 valence electrons. The molecule has 0 bridgehead atoms. The lowest BCUT2D eigenvalue weighted by atomic mass is 9.81. The second kappa shape index (κ2) is 6.64. The number of hydrogen-bond donors (Lipinski definition) is 1. The Labute approximate surface area is 121 Å². The van der Waals surface area contributed by atoms with Gasteiger partial charge in [0.05, 0.1) is 13.1 Å². The van der Waals surface area contributed by atoms with Crippen molar-refractivity contribution in [2.45, 2.75) is 34.1 Å². The Kier molecular flexibility index (Phi) is 5.71. The van der Waals surface area contributed by atoms with E-state index >= 15 is 0 Å². The fourth-order valence-electron chi connectivity index (χ4n) is 2.21. The molecule has 5 heteroatoms. The van der Waals surface area contributed by atoms with E-state index in [2.05, 4.69) is 33.4 Å². The molecule has 0 N–H and O–H groups in total. The highest BCUT2D eigenvalue weighted by molar-refractivity contribution is 7.80. The van der Waals surface area contributed by atoms with E-state index in [-0.39, 0.29) is 30.3 Å². The van der Waals surface area contributed by atoms with Crippen molar-refractivity contribution in [2.24, 2.45) is 11.3 Å². The molecule has 1 rings (SSSR count). The summed E-state index contributed by atoms with van der Waals surface area (Å²) in [7, 11) is 0. The van der Waals surface area contributed by atoms with Crippen molar-refractivity contribution in [3.05, 3.63) is 0 Å². The van der Waals surface area contributed by atoms with Gasteiger partial charge in [-0.2, -0.15) is 12.6 Å². The zero-order valence-corrected chi connectivity index (χ0v) is 13.4. The molecule has 0 saturated carbocycles. The van der Waals surface area contributed by atoms with Crippen molar-refractivity contribution in [3.8, 4) is 0 Å². The molecule has 0 aliphatic carbocycles. The maximum atomic E-state index is 12.1. The van der Waals surface area contributed by atoms with Crippen LogP contribution in [0.25, 0.3) is 0 Å². The molecule has 4 nitrogen and oxygen atoms in total. The van der Waals surface area contributed by atoms with Gasteiger partial charge in [-0.05, 0) is 23.5 Å². The Hall–Kier alpha value is -0.710. The first-order valence-corrected chi connectivity index (χ1v) is 7.59. The number of nitrogens with zero attached hydrogens (tertiary/aromatic N) is 2. The van der Waals surface area contributed by atoms with Crippen molar-refractivity contribution in [1.82, 2.24) is 9.80 Å². The van der Waals surface area contributed by atoms with Crippen LogP contribution in [0.3, 0.4) is 0 Å². The van der Waals surface area contributed by atoms with E-state index in [9.17, 15) is 9.59 Å². The Balaban J connectivity index is 2.66. The second-order valence-electron chi connectivity index (χ2n) is 6.34. The third kappa shape index (κ3) is 4.41. The van der Waals surface area contributed by atoms with Crippen molar-refractivity contribution < 1.29 is 9.59 Å². The van der Waals surface area contributed by atoms with Crippen molar-refractivity contribution in [2.75, 3.05) is 31.9 Å². The fraction of sp³-hybridized carbons (Fsp3) is 0.857. The molecule has 1 heterocycles. The van der Waals surface area contributed by atoms with Crippen LogP contribution < -0.4 is 0 Å². The van der Waals surface area contributed by atoms with E-state index in [1.807, 2.05) is 6.92 Å². The lowest BCUT2D eigenvalue weighted by Gasteiger charge is -2.38. The molecular weight excluding hydrogens is 260 g/mol. The predicted octanol–water partition coefficient (Wildman–Crippen LogP) is 1.66. The first kappa shape index (κ1) is 16.3. The molecule has 0 aromatic heterocycles. The SMILES string of the molecule is CCCN1CC(=O)N(CC(CS)C(C)(C)C)CC1=O. The quantitative estimate of drug-likeness (QED) is 0.781. The van der Waals surface area contributed by atoms with Gasteiger partial charge in [0.15, 0.2) is 0 Å². The third-order valence-corrected chi connectivity index (χ3v) is 4.18. The summed E-state index contributed by atoms with van der Waals surface area (Å²) in [6.45, 7) is 10.2. The first-order chi connectivity index (χ1) is 8.79. The number of carbonyl (C=O) groups is 2. The molecule has 1 aliphatic rings. The van der Waals surface area contributed by atoms with Crippen LogP contribution in [0.2, 0.25) is 0 Å². The third-order valence-electron chi connectivity index (χ3n) is 3.74. The van der Waals surface area contributed by atoms with Gasteiger partial charge in [-0.25, -0.2) is 0 Å². The van der Waals surface area contributed by atoms with E-state index in [4.69, 9.17) is 0 Å². The molecule has 1 aliphatic heterocycles. The number of carbonyl (C=O) groups excluding carboxylic acids is 2. The summed E-state index contributed by atoms with van der Waals surface area (Å²) in [5.41, 5.74) is 0.0889. The lowest BCUT2D eigenvalue weighted by molar-refractivity contribution is -0.151. The van der Waals surface area contributed by atoms with Gasteiger partial charge in [-0.1, -0.05) is 27.7 Å². The summed E-state index contributed by atoms with van der Waals surface area (Å²) >= 11 is 4.38. The van der Waals surface area contributed by atoms with E-state index in [0.717, 1.165) is 12.2 Å². The Morgan fingerprint density at radius 1 is 1.16 bits per heavy atom. The minimum Gasteiger partial charge on any atom is -0.332 e. The molecule has 1 unspecified atom stereocenters. The number of rotatable bonds is 5. The van der Waals surface area contributed by atoms with Crippen LogP contribution in [0.4, 0.5) is 0 Å². The monoisotopic (exact) mass is 286 g/mol. The average molecular weight is 286 g/mol. The standard InChI is InChI=1S/C14H26N2O2S/c1-5-6-15-8-13(18)16(9-12(15)17)7-11(10-19)14(2,3)4/h11,19H,5-10H2,1-4H3. The number of hydrogen-bond acceptors (Lipinski definition) is 3. The Morgan fingerprint density at radius 3 is 2.16 bits per heavy atom. The minimum atomic E-state index is 0.0593. The Bertz CT molecular complexity index is 339. The average Bonchev–Trinajstić information content (AvgIpc) is 2.30. The van der Waals surface area contributed by atoms with Crippen LogP contribution in [0.1, 0.15) is 34.1 Å². The molecule has 1 fully saturated rings. The zero-order valence-electron chi connectivity index (χ0n) is 12.5. The van der Waals surface area contributed by atoms with E-state index < -0.39 is 0 Å². The number of piperazine rings is 1. The van der Waals surface area contributed by atoms with Crippen LogP contribution in [-0.2, 0) is 9.59 Å². The highest BCUT2D eigenvalue weighted by atomic mass is 32.1. The maximum Gasteiger partial charge on any atom is 0.242 e. The molecule has 1 saturated heterocycles. The summed E-state index contributed by atoms with van der Waals surface area (Å²) in [5, 5.41) is 0. The van der Waals surface area contributed by atoms with Gasteiger partial charge >= 0.3 is 0 Å². The van der Waals surface area contributed by atoms with Gasteiger partial charge in [0, 0.05) is 13.1 Å². The molecule has 0 aromatic carbocycles. The molecule has 19 heavy (non-hydrogen) atoms. The molecule has 0 radical (unpaired) electrons. The van der Waals surface area contributed by atoms with Gasteiger partial charge in [0.1, 0.15) is 0 Å². The van der Waals surface area contributed by atoms with Crippen LogP contribution >= 0.6 is 12.6 Å². The zero-order chi connectivity index (χ0) is 14.6. The second-order valence-corrected chi connectivity index (χ2v) is 6.70. The van der Waals surface area contributed by atoms with Crippen molar-refractivity contribution >= 4 is 24.4 Å². The summed E-state index contributed by atoms with van der Waals surface area (Å²) in [4.78, 5) is 27.4. The van der Waals surface area contributed by atoms with E-state index in [0.29, 0.717) is 19.0 Å². The van der Waals surface area contributed by atoms with Gasteiger partial charge in [-0.15, -0.1) is 0 Å². The first-order valence-electron chi connectivity index (χ1n) is 6.96. The highest BCUT2D eigenvalue weighted by Gasteiger charge is 2.33. The summed E-state index contributed by atoms with van der Waals surface area (Å²) in [6, 6.07) is 0. The van der Waals surface area contributed by atoms with Crippen LogP contribution in [0.5, 0.6) is 0 Å². The lowest BCUT2D eigenvalue weighted by Crippen LogP contribution is -2.55. The van der Waals surface area contributed by atoms with Crippen molar-refractivity contribution in [1.29, 1.82) is 0 Å². The smallest absolute Gasteiger partial charge is 0.242 e. The molecular formula is C14H26N2O2S. The normalized spacial score (nSPS) is 19.0. The fourth-order valence-corrected chi connectivity index (χ4v) is 2.88. The van der Waals surface area contributed by atoms with Crippen LogP contribution in [-0.4, -0.2) is 53.5 Å². The highest BCUT2D eigenvalue weighted by Crippen LogP contribution is 2.28. The summed E-state index contributed by atoms with van der Waals surface area (Å²) < 4.78 is 0. The molecule has 1 atom stereocenters. The molecule has 0 spiro atoms. The van der Waals surface area contributed by atoms with Gasteiger partial charge in [0.25, 0.3) is 0 Å². The van der Waals surface area contributed by atoms with Gasteiger partial charge < -0.3 is 9.80 Å². The summed E-state index contributed by atoms with van der Waals surface area (Å²) in [6.07, 6.45) is 0.889. The Morgan fingerprint density at radius 2 is 1.68 bits per heavy atom. The number of amides is 2. The molecule has 0 aromatic rings. The van der Waals surface area contributed by atoms with Crippen molar-refractivity contribution in [3.63, 3.8) is 0 Å². The van der Waals surface area contributed by atoms with E-state index in [1.165, 1.54) is 0 Å². The molecule has 2 amide bonds. The van der Waals surface area contributed by atoms with E-state index in [1.54, 1.807) is 9.80 Å². The largest absolute Gasteiger partial charge is 0.332 e. The maximum absolute atomic E-state index is 12.1. The summed E-state index contributed by atoms with van der Waals surface area (Å²) in [5.74, 6) is 1.14. The minimum absolute atomic E-state index is 0.0593. The number of thiol groups is 1. The van der Waals surface area contributed by atoms with Gasteiger partial charge in [0.2, 0.25) is 11.8 Å². The van der Waals surface area contributed by atoms with Crippen LogP contribution in [0, 0.1) is 11.3 Å². The topological polar surface area (TPSA) is 40.6 Å². The predicted molar refractivity (Wildman–Crippen MR) is 80.2 cm³/mol. The van der Waals surface area contributed by atoms with Gasteiger partial charge in [-0.3, -0.25) is 9.59 Å².